The molecule has 0 aromatic heterocycles. The molecule has 0 unspecified atom stereocenters. The highest BCUT2D eigenvalue weighted by Crippen LogP contribution is 2.28. The first-order valence-corrected chi connectivity index (χ1v) is 7.56. The van der Waals surface area contributed by atoms with Crippen molar-refractivity contribution in [2.75, 3.05) is 12.4 Å². The molecule has 1 atom stereocenters. The van der Waals surface area contributed by atoms with Gasteiger partial charge in [0.15, 0.2) is 0 Å². The summed E-state index contributed by atoms with van der Waals surface area (Å²) in [6, 6.07) is 7.84. The average molecular weight is 346 g/mol. The van der Waals surface area contributed by atoms with E-state index >= 15 is 0 Å². The third kappa shape index (κ3) is 4.47. The molecule has 2 rings (SSSR count). The van der Waals surface area contributed by atoms with Crippen LogP contribution in [0.15, 0.2) is 36.4 Å². The molecule has 6 nitrogen and oxygen atoms in total. The summed E-state index contributed by atoms with van der Waals surface area (Å²) in [6.07, 6.45) is 0. The second-order valence-electron chi connectivity index (χ2n) is 5.53. The lowest BCUT2D eigenvalue weighted by Crippen LogP contribution is -2.37. The van der Waals surface area contributed by atoms with Gasteiger partial charge in [0.1, 0.15) is 17.3 Å². The van der Waals surface area contributed by atoms with E-state index in [0.29, 0.717) is 16.9 Å². The van der Waals surface area contributed by atoms with E-state index in [1.165, 1.54) is 25.3 Å². The quantitative estimate of drug-likeness (QED) is 0.743. The summed E-state index contributed by atoms with van der Waals surface area (Å²) in [5.41, 5.74) is 1.25. The monoisotopic (exact) mass is 346 g/mol. The maximum absolute atomic E-state index is 13.3. The van der Waals surface area contributed by atoms with Crippen LogP contribution in [0.1, 0.15) is 24.1 Å². The molecule has 0 radical (unpaired) electrons. The van der Waals surface area contributed by atoms with E-state index in [2.05, 4.69) is 10.6 Å². The standard InChI is InChI=1S/C18H19FN2O4/c1-10-4-5-12(19)8-15(10)21-18(24)17(23)20-11(2)14-9-13(25-3)6-7-16(14)22/h4-9,11,22H,1-3H3,(H,20,23)(H,21,24)/t11-/m0/s1. The predicted octanol–water partition coefficient (Wildman–Crippen LogP) is 2.66. The summed E-state index contributed by atoms with van der Waals surface area (Å²) in [6.45, 7) is 3.30. The minimum atomic E-state index is -0.928. The van der Waals surface area contributed by atoms with Crippen molar-refractivity contribution in [3.63, 3.8) is 0 Å². The molecule has 0 aliphatic carbocycles. The van der Waals surface area contributed by atoms with Crippen molar-refractivity contribution in [2.24, 2.45) is 0 Å². The average Bonchev–Trinajstić information content (AvgIpc) is 2.58. The van der Waals surface area contributed by atoms with Crippen molar-refractivity contribution < 1.29 is 23.8 Å². The third-order valence-electron chi connectivity index (χ3n) is 3.70. The van der Waals surface area contributed by atoms with Gasteiger partial charge in [0.25, 0.3) is 0 Å². The van der Waals surface area contributed by atoms with Crippen LogP contribution in [-0.4, -0.2) is 24.0 Å². The molecule has 2 amide bonds. The first-order valence-electron chi connectivity index (χ1n) is 7.56. The molecule has 0 fully saturated rings. The molecule has 0 aliphatic rings. The topological polar surface area (TPSA) is 87.7 Å². The van der Waals surface area contributed by atoms with E-state index in [4.69, 9.17) is 4.74 Å². The number of aromatic hydroxyl groups is 1. The number of methoxy groups -OCH3 is 1. The van der Waals surface area contributed by atoms with Gasteiger partial charge in [-0.15, -0.1) is 0 Å². The molecule has 0 bridgehead atoms. The van der Waals surface area contributed by atoms with Gasteiger partial charge in [-0.1, -0.05) is 6.07 Å². The summed E-state index contributed by atoms with van der Waals surface area (Å²) in [5, 5.41) is 14.8. The van der Waals surface area contributed by atoms with Gasteiger partial charge in [0.2, 0.25) is 0 Å². The van der Waals surface area contributed by atoms with E-state index in [1.807, 2.05) is 0 Å². The van der Waals surface area contributed by atoms with E-state index in [0.717, 1.165) is 6.07 Å². The number of hydrogen-bond donors (Lipinski definition) is 3. The number of phenolic OH excluding ortho intramolecular Hbond substituents is 1. The molecule has 132 valence electrons. The Balaban J connectivity index is 2.08. The van der Waals surface area contributed by atoms with Gasteiger partial charge in [0.05, 0.1) is 13.2 Å². The summed E-state index contributed by atoms with van der Waals surface area (Å²) in [5.74, 6) is -1.87. The van der Waals surface area contributed by atoms with Crippen molar-refractivity contribution in [2.45, 2.75) is 19.9 Å². The lowest BCUT2D eigenvalue weighted by Gasteiger charge is -2.16. The van der Waals surface area contributed by atoms with Crippen molar-refractivity contribution in [1.29, 1.82) is 0 Å². The van der Waals surface area contributed by atoms with E-state index in [9.17, 15) is 19.1 Å². The Hall–Kier alpha value is -3.09. The van der Waals surface area contributed by atoms with Crippen molar-refractivity contribution in [3.8, 4) is 11.5 Å². The highest BCUT2D eigenvalue weighted by Gasteiger charge is 2.20. The fourth-order valence-electron chi connectivity index (χ4n) is 2.25. The van der Waals surface area contributed by atoms with Crippen LogP contribution in [0.3, 0.4) is 0 Å². The van der Waals surface area contributed by atoms with E-state index < -0.39 is 23.7 Å². The smallest absolute Gasteiger partial charge is 0.313 e. The van der Waals surface area contributed by atoms with E-state index in [-0.39, 0.29) is 11.4 Å². The minimum Gasteiger partial charge on any atom is -0.508 e. The number of anilines is 1. The summed E-state index contributed by atoms with van der Waals surface area (Å²) in [4.78, 5) is 24.1. The SMILES string of the molecule is COc1ccc(O)c([C@H](C)NC(=O)C(=O)Nc2cc(F)ccc2C)c1. The highest BCUT2D eigenvalue weighted by atomic mass is 19.1. The molecule has 25 heavy (non-hydrogen) atoms. The van der Waals surface area contributed by atoms with Crippen LogP contribution < -0.4 is 15.4 Å². The Morgan fingerprint density at radius 2 is 1.88 bits per heavy atom. The van der Waals surface area contributed by atoms with Gasteiger partial charge < -0.3 is 20.5 Å². The lowest BCUT2D eigenvalue weighted by molar-refractivity contribution is -0.136. The number of halogens is 1. The Bertz CT molecular complexity index is 808. The van der Waals surface area contributed by atoms with Gasteiger partial charge in [-0.2, -0.15) is 0 Å². The summed E-state index contributed by atoms with van der Waals surface area (Å²) < 4.78 is 18.3. The zero-order chi connectivity index (χ0) is 18.6. The van der Waals surface area contributed by atoms with Crippen LogP contribution in [-0.2, 0) is 9.59 Å². The van der Waals surface area contributed by atoms with Gasteiger partial charge >= 0.3 is 11.8 Å². The number of carbonyl (C=O) groups excluding carboxylic acids is 2. The van der Waals surface area contributed by atoms with Gasteiger partial charge in [-0.3, -0.25) is 9.59 Å². The first-order chi connectivity index (χ1) is 11.8. The zero-order valence-electron chi connectivity index (χ0n) is 14.1. The molecule has 2 aromatic rings. The predicted molar refractivity (Wildman–Crippen MR) is 91.0 cm³/mol. The second-order valence-corrected chi connectivity index (χ2v) is 5.53. The number of benzene rings is 2. The fraction of sp³-hybridized carbons (Fsp3) is 0.222. The number of ether oxygens (including phenoxy) is 1. The number of carbonyl (C=O) groups is 2. The fourth-order valence-corrected chi connectivity index (χ4v) is 2.25. The largest absolute Gasteiger partial charge is 0.508 e. The Morgan fingerprint density at radius 1 is 1.16 bits per heavy atom. The lowest BCUT2D eigenvalue weighted by atomic mass is 10.1. The first kappa shape index (κ1) is 18.3. The van der Waals surface area contributed by atoms with Gasteiger partial charge in [-0.05, 0) is 49.7 Å². The third-order valence-corrected chi connectivity index (χ3v) is 3.70. The molecule has 0 aliphatic heterocycles. The van der Waals surface area contributed by atoms with Crippen LogP contribution in [0.2, 0.25) is 0 Å². The maximum atomic E-state index is 13.3. The Morgan fingerprint density at radius 3 is 2.56 bits per heavy atom. The Kier molecular flexibility index (Phi) is 5.59. The van der Waals surface area contributed by atoms with E-state index in [1.54, 1.807) is 26.0 Å². The van der Waals surface area contributed by atoms with Crippen LogP contribution in [0.5, 0.6) is 11.5 Å². The maximum Gasteiger partial charge on any atom is 0.313 e. The normalized spacial score (nSPS) is 11.5. The van der Waals surface area contributed by atoms with Crippen molar-refractivity contribution in [1.82, 2.24) is 5.32 Å². The van der Waals surface area contributed by atoms with Crippen LogP contribution >= 0.6 is 0 Å². The highest BCUT2D eigenvalue weighted by molar-refractivity contribution is 6.39. The zero-order valence-corrected chi connectivity index (χ0v) is 14.1. The molecule has 0 saturated carbocycles. The molecule has 2 aromatic carbocycles. The molecule has 0 saturated heterocycles. The molecular formula is C18H19FN2O4. The number of hydrogen-bond acceptors (Lipinski definition) is 4. The number of phenols is 1. The Labute approximate surface area is 144 Å². The van der Waals surface area contributed by atoms with Crippen LogP contribution in [0.25, 0.3) is 0 Å². The number of amides is 2. The number of nitrogens with one attached hydrogen (secondary N) is 2. The van der Waals surface area contributed by atoms with Crippen LogP contribution in [0.4, 0.5) is 10.1 Å². The molecule has 3 N–H and O–H groups in total. The molecule has 7 heteroatoms. The van der Waals surface area contributed by atoms with Crippen LogP contribution in [0, 0.1) is 12.7 Å². The molecule has 0 spiro atoms. The second kappa shape index (κ2) is 7.65. The number of rotatable bonds is 4. The molecule has 0 heterocycles. The molecular weight excluding hydrogens is 327 g/mol. The minimum absolute atomic E-state index is 0.0324. The van der Waals surface area contributed by atoms with Gasteiger partial charge in [0, 0.05) is 11.3 Å². The van der Waals surface area contributed by atoms with Crippen molar-refractivity contribution >= 4 is 17.5 Å². The van der Waals surface area contributed by atoms with Crippen molar-refractivity contribution in [3.05, 3.63) is 53.3 Å². The van der Waals surface area contributed by atoms with Gasteiger partial charge in [-0.25, -0.2) is 4.39 Å². The summed E-state index contributed by atoms with van der Waals surface area (Å²) >= 11 is 0. The summed E-state index contributed by atoms with van der Waals surface area (Å²) in [7, 11) is 1.48. The number of aryl methyl sites for hydroxylation is 1.